The molecule has 21 heavy (non-hydrogen) atoms. The second-order valence-electron chi connectivity index (χ2n) is 6.43. The van der Waals surface area contributed by atoms with Crippen molar-refractivity contribution in [3.05, 3.63) is 29.3 Å². The smallest absolute Gasteiger partial charge is 0.253 e. The Kier molecular flexibility index (Phi) is 4.47. The fraction of sp³-hybridized carbons (Fsp3) is 0.611. The quantitative estimate of drug-likeness (QED) is 0.919. The SMILES string of the molecule is CCCC1CCN(C(=O)c2ccc3c(c2)CCCN3)CC1. The molecule has 0 aromatic heterocycles. The lowest BCUT2D eigenvalue weighted by Gasteiger charge is -2.32. The van der Waals surface area contributed by atoms with E-state index in [0.29, 0.717) is 0 Å². The second kappa shape index (κ2) is 6.50. The van der Waals surface area contributed by atoms with Crippen molar-refractivity contribution in [1.29, 1.82) is 0 Å². The molecule has 3 heteroatoms. The molecule has 1 N–H and O–H groups in total. The molecule has 3 rings (SSSR count). The van der Waals surface area contributed by atoms with Gasteiger partial charge in [0.05, 0.1) is 0 Å². The van der Waals surface area contributed by atoms with Crippen molar-refractivity contribution in [2.24, 2.45) is 5.92 Å². The number of rotatable bonds is 3. The van der Waals surface area contributed by atoms with Crippen molar-refractivity contribution in [2.45, 2.75) is 45.4 Å². The summed E-state index contributed by atoms with van der Waals surface area (Å²) in [4.78, 5) is 14.7. The summed E-state index contributed by atoms with van der Waals surface area (Å²) in [6, 6.07) is 6.16. The van der Waals surface area contributed by atoms with Gasteiger partial charge < -0.3 is 10.2 Å². The van der Waals surface area contributed by atoms with Gasteiger partial charge >= 0.3 is 0 Å². The summed E-state index contributed by atoms with van der Waals surface area (Å²) in [5.74, 6) is 1.05. The molecule has 2 heterocycles. The van der Waals surface area contributed by atoms with Crippen molar-refractivity contribution >= 4 is 11.6 Å². The molecule has 1 aromatic rings. The van der Waals surface area contributed by atoms with Gasteiger partial charge in [0.15, 0.2) is 0 Å². The Labute approximate surface area is 127 Å². The van der Waals surface area contributed by atoms with Gasteiger partial charge in [0.2, 0.25) is 0 Å². The Bertz CT molecular complexity index is 504. The Morgan fingerprint density at radius 3 is 2.90 bits per heavy atom. The molecule has 2 aliphatic rings. The Balaban J connectivity index is 1.66. The number of anilines is 1. The van der Waals surface area contributed by atoms with Gasteiger partial charge in [0.25, 0.3) is 5.91 Å². The van der Waals surface area contributed by atoms with Gasteiger partial charge in [0, 0.05) is 30.9 Å². The van der Waals surface area contributed by atoms with Crippen molar-refractivity contribution in [3.63, 3.8) is 0 Å². The minimum atomic E-state index is 0.221. The van der Waals surface area contributed by atoms with Crippen LogP contribution >= 0.6 is 0 Å². The van der Waals surface area contributed by atoms with Crippen molar-refractivity contribution in [1.82, 2.24) is 4.90 Å². The first-order valence-corrected chi connectivity index (χ1v) is 8.44. The molecule has 3 nitrogen and oxygen atoms in total. The van der Waals surface area contributed by atoms with Gasteiger partial charge in [-0.15, -0.1) is 0 Å². The van der Waals surface area contributed by atoms with Gasteiger partial charge in [-0.2, -0.15) is 0 Å². The van der Waals surface area contributed by atoms with Crippen LogP contribution in [0, 0.1) is 5.92 Å². The zero-order valence-electron chi connectivity index (χ0n) is 13.0. The summed E-state index contributed by atoms with van der Waals surface area (Å²) in [6.45, 7) is 5.15. The molecule has 0 spiro atoms. The van der Waals surface area contributed by atoms with Crippen LogP contribution in [0.2, 0.25) is 0 Å². The average molecular weight is 286 g/mol. The number of carbonyl (C=O) groups is 1. The van der Waals surface area contributed by atoms with Crippen LogP contribution in [-0.4, -0.2) is 30.4 Å². The third kappa shape index (κ3) is 3.22. The van der Waals surface area contributed by atoms with E-state index in [1.807, 2.05) is 11.0 Å². The monoisotopic (exact) mass is 286 g/mol. The summed E-state index contributed by atoms with van der Waals surface area (Å²) < 4.78 is 0. The molecular formula is C18H26N2O. The summed E-state index contributed by atoms with van der Waals surface area (Å²) in [6.07, 6.45) is 7.16. The van der Waals surface area contributed by atoms with Crippen LogP contribution < -0.4 is 5.32 Å². The zero-order valence-corrected chi connectivity index (χ0v) is 13.0. The Hall–Kier alpha value is -1.51. The first-order chi connectivity index (χ1) is 10.3. The van der Waals surface area contributed by atoms with Gasteiger partial charge in [-0.25, -0.2) is 0 Å². The van der Waals surface area contributed by atoms with E-state index in [-0.39, 0.29) is 5.91 Å². The number of likely N-dealkylation sites (tertiary alicyclic amines) is 1. The summed E-state index contributed by atoms with van der Waals surface area (Å²) >= 11 is 0. The van der Waals surface area contributed by atoms with Crippen LogP contribution in [0.3, 0.4) is 0 Å². The minimum absolute atomic E-state index is 0.221. The maximum Gasteiger partial charge on any atom is 0.253 e. The number of carbonyl (C=O) groups excluding carboxylic acids is 1. The molecule has 0 aliphatic carbocycles. The molecule has 1 amide bonds. The predicted molar refractivity (Wildman–Crippen MR) is 86.8 cm³/mol. The number of benzene rings is 1. The second-order valence-corrected chi connectivity index (χ2v) is 6.43. The number of nitrogens with one attached hydrogen (secondary N) is 1. The number of piperidine rings is 1. The Morgan fingerprint density at radius 2 is 2.14 bits per heavy atom. The largest absolute Gasteiger partial charge is 0.385 e. The molecular weight excluding hydrogens is 260 g/mol. The Morgan fingerprint density at radius 1 is 1.33 bits per heavy atom. The van der Waals surface area contributed by atoms with Crippen LogP contribution in [0.4, 0.5) is 5.69 Å². The van der Waals surface area contributed by atoms with Crippen molar-refractivity contribution < 1.29 is 4.79 Å². The standard InChI is InChI=1S/C18H26N2O/c1-2-4-14-8-11-20(12-9-14)18(21)16-6-7-17-15(13-16)5-3-10-19-17/h6-7,13-14,19H,2-5,8-12H2,1H3. The lowest BCUT2D eigenvalue weighted by Crippen LogP contribution is -2.38. The molecule has 1 aromatic carbocycles. The number of fused-ring (bicyclic) bond motifs is 1. The zero-order chi connectivity index (χ0) is 14.7. The predicted octanol–water partition coefficient (Wildman–Crippen LogP) is 3.70. The van der Waals surface area contributed by atoms with Gasteiger partial charge in [-0.1, -0.05) is 19.8 Å². The molecule has 114 valence electrons. The molecule has 0 saturated carbocycles. The molecule has 0 radical (unpaired) electrons. The maximum absolute atomic E-state index is 12.7. The average Bonchev–Trinajstić information content (AvgIpc) is 2.55. The molecule has 1 saturated heterocycles. The molecule has 0 atom stereocenters. The molecule has 0 bridgehead atoms. The van der Waals surface area contributed by atoms with E-state index < -0.39 is 0 Å². The van der Waals surface area contributed by atoms with E-state index in [1.165, 1.54) is 36.9 Å². The highest BCUT2D eigenvalue weighted by atomic mass is 16.2. The van der Waals surface area contributed by atoms with Crippen LogP contribution in [0.15, 0.2) is 18.2 Å². The highest BCUT2D eigenvalue weighted by Crippen LogP contribution is 2.26. The number of nitrogens with zero attached hydrogens (tertiary/aromatic N) is 1. The third-order valence-corrected chi connectivity index (χ3v) is 4.89. The molecule has 0 unspecified atom stereocenters. The maximum atomic E-state index is 12.7. The van der Waals surface area contributed by atoms with Crippen LogP contribution in [0.1, 0.15) is 54.9 Å². The molecule has 1 fully saturated rings. The molecule has 2 aliphatic heterocycles. The number of aryl methyl sites for hydroxylation is 1. The van der Waals surface area contributed by atoms with E-state index in [2.05, 4.69) is 24.4 Å². The summed E-state index contributed by atoms with van der Waals surface area (Å²) in [5.41, 5.74) is 3.37. The van der Waals surface area contributed by atoms with E-state index >= 15 is 0 Å². The summed E-state index contributed by atoms with van der Waals surface area (Å²) in [5, 5.41) is 3.40. The van der Waals surface area contributed by atoms with E-state index in [9.17, 15) is 4.79 Å². The van der Waals surface area contributed by atoms with Crippen molar-refractivity contribution in [2.75, 3.05) is 25.0 Å². The normalized spacial score (nSPS) is 19.0. The third-order valence-electron chi connectivity index (χ3n) is 4.89. The lowest BCUT2D eigenvalue weighted by molar-refractivity contribution is 0.0686. The topological polar surface area (TPSA) is 32.3 Å². The van der Waals surface area contributed by atoms with Gasteiger partial charge in [-0.05, 0) is 55.4 Å². The fourth-order valence-corrected chi connectivity index (χ4v) is 3.62. The van der Waals surface area contributed by atoms with E-state index in [4.69, 9.17) is 0 Å². The minimum Gasteiger partial charge on any atom is -0.385 e. The van der Waals surface area contributed by atoms with E-state index in [0.717, 1.165) is 44.0 Å². The number of amides is 1. The number of hydrogen-bond acceptors (Lipinski definition) is 2. The van der Waals surface area contributed by atoms with Crippen LogP contribution in [-0.2, 0) is 6.42 Å². The highest BCUT2D eigenvalue weighted by molar-refractivity contribution is 5.95. The lowest BCUT2D eigenvalue weighted by atomic mass is 9.92. The summed E-state index contributed by atoms with van der Waals surface area (Å²) in [7, 11) is 0. The van der Waals surface area contributed by atoms with Crippen LogP contribution in [0.5, 0.6) is 0 Å². The van der Waals surface area contributed by atoms with Crippen LogP contribution in [0.25, 0.3) is 0 Å². The highest BCUT2D eigenvalue weighted by Gasteiger charge is 2.23. The van der Waals surface area contributed by atoms with Gasteiger partial charge in [-0.3, -0.25) is 4.79 Å². The first-order valence-electron chi connectivity index (χ1n) is 8.44. The van der Waals surface area contributed by atoms with Gasteiger partial charge in [0.1, 0.15) is 0 Å². The number of hydrogen-bond donors (Lipinski definition) is 1. The fourth-order valence-electron chi connectivity index (χ4n) is 3.62. The van der Waals surface area contributed by atoms with E-state index in [1.54, 1.807) is 0 Å². The van der Waals surface area contributed by atoms with Crippen molar-refractivity contribution in [3.8, 4) is 0 Å². The first kappa shape index (κ1) is 14.4.